The number of hydrogen-bond acceptors (Lipinski definition) is 6. The van der Waals surface area contributed by atoms with Gasteiger partial charge in [0.2, 0.25) is 10.0 Å². The van der Waals surface area contributed by atoms with Crippen LogP contribution in [0.3, 0.4) is 0 Å². The summed E-state index contributed by atoms with van der Waals surface area (Å²) in [6.07, 6.45) is 1.17. The molecule has 0 radical (unpaired) electrons. The van der Waals surface area contributed by atoms with Crippen molar-refractivity contribution in [1.82, 2.24) is 19.9 Å². The number of sulfonamides is 1. The number of H-pyrrole nitrogens is 1. The first-order valence-corrected chi connectivity index (χ1v) is 7.05. The highest BCUT2D eigenvalue weighted by atomic mass is 32.2. The monoisotopic (exact) mass is 273 g/mol. The van der Waals surface area contributed by atoms with E-state index in [1.807, 2.05) is 6.92 Å². The minimum atomic E-state index is -3.64. The van der Waals surface area contributed by atoms with Gasteiger partial charge in [-0.2, -0.15) is 5.10 Å². The molecule has 2 heterocycles. The van der Waals surface area contributed by atoms with Crippen LogP contribution >= 0.6 is 11.3 Å². The molecule has 0 aromatic carbocycles. The lowest BCUT2D eigenvalue weighted by atomic mass is 10.5. The van der Waals surface area contributed by atoms with Gasteiger partial charge < -0.3 is 5.73 Å². The molecule has 0 aliphatic heterocycles. The zero-order valence-corrected chi connectivity index (χ0v) is 10.6. The summed E-state index contributed by atoms with van der Waals surface area (Å²) in [6, 6.07) is 0. The Hall–Kier alpha value is -1.45. The Morgan fingerprint density at radius 3 is 2.88 bits per heavy atom. The predicted octanol–water partition coefficient (Wildman–Crippen LogP) is 0.235. The average Bonchev–Trinajstić information content (AvgIpc) is 2.85. The van der Waals surface area contributed by atoms with Crippen LogP contribution in [0.25, 0.3) is 0 Å². The van der Waals surface area contributed by atoms with Crippen LogP contribution in [0.5, 0.6) is 0 Å². The fourth-order valence-electron chi connectivity index (χ4n) is 1.24. The van der Waals surface area contributed by atoms with E-state index in [2.05, 4.69) is 19.9 Å². The van der Waals surface area contributed by atoms with Gasteiger partial charge >= 0.3 is 0 Å². The zero-order chi connectivity index (χ0) is 12.5. The standard InChI is InChI=1S/C8H11N5O2S2/c1-5-12-6(4-16-5)2-11-17(14,15)7-3-10-13-8(7)9/h3-4,11H,2H2,1H3,(H3,9,10,13). The van der Waals surface area contributed by atoms with Crippen molar-refractivity contribution in [2.24, 2.45) is 0 Å². The molecule has 0 saturated heterocycles. The van der Waals surface area contributed by atoms with E-state index in [-0.39, 0.29) is 17.3 Å². The van der Waals surface area contributed by atoms with Gasteiger partial charge in [0.25, 0.3) is 0 Å². The van der Waals surface area contributed by atoms with Crippen LogP contribution in [0.15, 0.2) is 16.5 Å². The number of aryl methyl sites for hydroxylation is 1. The molecule has 0 bridgehead atoms. The zero-order valence-electron chi connectivity index (χ0n) is 8.97. The van der Waals surface area contributed by atoms with Gasteiger partial charge in [-0.1, -0.05) is 0 Å². The molecular weight excluding hydrogens is 262 g/mol. The third-order valence-corrected chi connectivity index (χ3v) is 4.28. The Labute approximate surface area is 102 Å². The maximum absolute atomic E-state index is 11.8. The summed E-state index contributed by atoms with van der Waals surface area (Å²) in [5, 5.41) is 8.63. The second-order valence-corrected chi connectivity index (χ2v) is 6.13. The van der Waals surface area contributed by atoms with Gasteiger partial charge in [-0.3, -0.25) is 5.10 Å². The number of aromatic amines is 1. The van der Waals surface area contributed by atoms with Crippen molar-refractivity contribution in [1.29, 1.82) is 0 Å². The summed E-state index contributed by atoms with van der Waals surface area (Å²) in [7, 11) is -3.64. The number of thiazole rings is 1. The van der Waals surface area contributed by atoms with E-state index in [1.54, 1.807) is 5.38 Å². The first kappa shape index (κ1) is 12.0. The Balaban J connectivity index is 2.11. The molecule has 9 heteroatoms. The summed E-state index contributed by atoms with van der Waals surface area (Å²) in [4.78, 5) is 4.10. The summed E-state index contributed by atoms with van der Waals surface area (Å²) < 4.78 is 26.0. The molecule has 0 saturated carbocycles. The second-order valence-electron chi connectivity index (χ2n) is 3.33. The highest BCUT2D eigenvalue weighted by Gasteiger charge is 2.19. The number of anilines is 1. The van der Waals surface area contributed by atoms with Crippen molar-refractivity contribution in [3.8, 4) is 0 Å². The maximum atomic E-state index is 11.8. The maximum Gasteiger partial charge on any atom is 0.246 e. The third kappa shape index (κ3) is 2.62. The Kier molecular flexibility index (Phi) is 3.13. The van der Waals surface area contributed by atoms with Crippen molar-refractivity contribution in [2.45, 2.75) is 18.4 Å². The molecule has 0 unspecified atom stereocenters. The summed E-state index contributed by atoms with van der Waals surface area (Å²) in [5.41, 5.74) is 6.13. The SMILES string of the molecule is Cc1nc(CNS(=O)(=O)c2cn[nH]c2N)cs1. The molecule has 0 amide bonds. The van der Waals surface area contributed by atoms with E-state index in [1.165, 1.54) is 17.5 Å². The van der Waals surface area contributed by atoms with Crippen molar-refractivity contribution < 1.29 is 8.42 Å². The van der Waals surface area contributed by atoms with E-state index in [0.717, 1.165) is 5.01 Å². The fourth-order valence-corrected chi connectivity index (χ4v) is 2.87. The molecule has 7 nitrogen and oxygen atoms in total. The normalized spacial score (nSPS) is 11.8. The molecule has 4 N–H and O–H groups in total. The van der Waals surface area contributed by atoms with Gasteiger partial charge in [-0.05, 0) is 6.92 Å². The first-order chi connectivity index (χ1) is 7.99. The number of nitrogen functional groups attached to an aromatic ring is 1. The van der Waals surface area contributed by atoms with Crippen LogP contribution in [-0.4, -0.2) is 23.6 Å². The molecule has 92 valence electrons. The molecule has 2 rings (SSSR count). The van der Waals surface area contributed by atoms with E-state index in [9.17, 15) is 8.42 Å². The minimum absolute atomic E-state index is 0.0203. The first-order valence-electron chi connectivity index (χ1n) is 4.68. The Morgan fingerprint density at radius 2 is 2.35 bits per heavy atom. The van der Waals surface area contributed by atoms with Crippen LogP contribution in [0.2, 0.25) is 0 Å². The van der Waals surface area contributed by atoms with Crippen LogP contribution in [0.1, 0.15) is 10.7 Å². The van der Waals surface area contributed by atoms with Crippen LogP contribution < -0.4 is 10.5 Å². The molecular formula is C8H11N5O2S2. The second kappa shape index (κ2) is 4.43. The number of hydrogen-bond donors (Lipinski definition) is 3. The van der Waals surface area contributed by atoms with Crippen LogP contribution in [0.4, 0.5) is 5.82 Å². The lowest BCUT2D eigenvalue weighted by Gasteiger charge is -2.03. The van der Waals surface area contributed by atoms with E-state index >= 15 is 0 Å². The van der Waals surface area contributed by atoms with Gasteiger partial charge in [-0.15, -0.1) is 11.3 Å². The lowest BCUT2D eigenvalue weighted by molar-refractivity contribution is 0.581. The summed E-state index contributed by atoms with van der Waals surface area (Å²) in [5.74, 6) is 0.0203. The summed E-state index contributed by atoms with van der Waals surface area (Å²) in [6.45, 7) is 1.99. The molecule has 0 spiro atoms. The molecule has 0 atom stereocenters. The molecule has 0 aliphatic rings. The van der Waals surface area contributed by atoms with Crippen LogP contribution in [0, 0.1) is 6.92 Å². The minimum Gasteiger partial charge on any atom is -0.383 e. The average molecular weight is 273 g/mol. The molecule has 2 aromatic heterocycles. The van der Waals surface area contributed by atoms with Crippen molar-refractivity contribution >= 4 is 27.2 Å². The van der Waals surface area contributed by atoms with Crippen molar-refractivity contribution in [3.05, 3.63) is 22.3 Å². The number of nitrogens with zero attached hydrogens (tertiary/aromatic N) is 2. The van der Waals surface area contributed by atoms with Gasteiger partial charge in [0.1, 0.15) is 10.7 Å². The van der Waals surface area contributed by atoms with E-state index in [4.69, 9.17) is 5.73 Å². The van der Waals surface area contributed by atoms with Gasteiger partial charge in [0.15, 0.2) is 0 Å². The molecule has 17 heavy (non-hydrogen) atoms. The molecule has 2 aromatic rings. The highest BCUT2D eigenvalue weighted by Crippen LogP contribution is 2.14. The van der Waals surface area contributed by atoms with Crippen molar-refractivity contribution in [3.63, 3.8) is 0 Å². The fraction of sp³-hybridized carbons (Fsp3) is 0.250. The smallest absolute Gasteiger partial charge is 0.246 e. The number of rotatable bonds is 4. The van der Waals surface area contributed by atoms with Crippen molar-refractivity contribution in [2.75, 3.05) is 5.73 Å². The van der Waals surface area contributed by atoms with Crippen LogP contribution in [-0.2, 0) is 16.6 Å². The molecule has 0 fully saturated rings. The van der Waals surface area contributed by atoms with E-state index < -0.39 is 10.0 Å². The number of nitrogens with one attached hydrogen (secondary N) is 2. The third-order valence-electron chi connectivity index (χ3n) is 2.03. The Bertz CT molecular complexity index is 615. The lowest BCUT2D eigenvalue weighted by Crippen LogP contribution is -2.23. The summed E-state index contributed by atoms with van der Waals surface area (Å²) >= 11 is 1.47. The predicted molar refractivity (Wildman–Crippen MR) is 63.9 cm³/mol. The largest absolute Gasteiger partial charge is 0.383 e. The topological polar surface area (TPSA) is 114 Å². The highest BCUT2D eigenvalue weighted by molar-refractivity contribution is 7.89. The van der Waals surface area contributed by atoms with E-state index in [0.29, 0.717) is 5.69 Å². The number of aromatic nitrogens is 3. The Morgan fingerprint density at radius 1 is 1.59 bits per heavy atom. The quantitative estimate of drug-likeness (QED) is 0.738. The molecule has 0 aliphatic carbocycles. The number of nitrogens with two attached hydrogens (primary N) is 1. The van der Waals surface area contributed by atoms with Gasteiger partial charge in [0, 0.05) is 5.38 Å². The van der Waals surface area contributed by atoms with Gasteiger partial charge in [0.05, 0.1) is 23.4 Å². The van der Waals surface area contributed by atoms with Gasteiger partial charge in [-0.25, -0.2) is 18.1 Å².